The topological polar surface area (TPSA) is 58.6 Å². The van der Waals surface area contributed by atoms with E-state index in [-0.39, 0.29) is 12.6 Å². The van der Waals surface area contributed by atoms with Crippen molar-refractivity contribution in [1.82, 2.24) is 5.32 Å². The Morgan fingerprint density at radius 2 is 2.14 bits per heavy atom. The van der Waals surface area contributed by atoms with Crippen molar-refractivity contribution in [3.63, 3.8) is 0 Å². The summed E-state index contributed by atoms with van der Waals surface area (Å²) in [5, 5.41) is 13.0. The van der Waals surface area contributed by atoms with Crippen LogP contribution in [0.3, 0.4) is 0 Å². The molecule has 1 aromatic rings. The molecule has 0 saturated carbocycles. The zero-order valence-electron chi connectivity index (χ0n) is 13.1. The summed E-state index contributed by atoms with van der Waals surface area (Å²) in [6, 6.07) is 5.81. The van der Waals surface area contributed by atoms with Gasteiger partial charge in [0.05, 0.1) is 10.4 Å². The van der Waals surface area contributed by atoms with Crippen LogP contribution < -0.4 is 10.1 Å². The lowest BCUT2D eigenvalue weighted by Gasteiger charge is -2.20. The monoisotopic (exact) mass is 313 g/mol. The van der Waals surface area contributed by atoms with Crippen molar-refractivity contribution in [2.75, 3.05) is 13.2 Å². The Morgan fingerprint density at radius 3 is 2.67 bits per heavy atom. The second kappa shape index (κ2) is 7.66. The molecule has 0 spiro atoms. The number of hydrogen-bond acceptors (Lipinski definition) is 3. The Labute approximate surface area is 131 Å². The van der Waals surface area contributed by atoms with E-state index in [4.69, 9.17) is 21.4 Å². The number of carboxylic acid groups (broad SMARTS) is 1. The molecule has 21 heavy (non-hydrogen) atoms. The normalized spacial score (nSPS) is 13.0. The van der Waals surface area contributed by atoms with Crippen LogP contribution in [0, 0.1) is 5.41 Å². The van der Waals surface area contributed by atoms with Crippen LogP contribution in [0.5, 0.6) is 5.75 Å². The maximum atomic E-state index is 11.0. The minimum absolute atomic E-state index is 0.0744. The molecular formula is C16H24ClNO3. The number of carbonyl (C=O) groups is 1. The van der Waals surface area contributed by atoms with Gasteiger partial charge in [0.25, 0.3) is 0 Å². The Kier molecular flexibility index (Phi) is 6.49. The van der Waals surface area contributed by atoms with Crippen molar-refractivity contribution in [2.24, 2.45) is 5.41 Å². The molecule has 0 saturated heterocycles. The molecule has 1 unspecified atom stereocenters. The molecule has 1 aromatic carbocycles. The van der Waals surface area contributed by atoms with Crippen molar-refractivity contribution in [3.05, 3.63) is 28.8 Å². The number of rotatable bonds is 8. The van der Waals surface area contributed by atoms with Crippen molar-refractivity contribution in [1.29, 1.82) is 0 Å². The van der Waals surface area contributed by atoms with Crippen LogP contribution in [0.25, 0.3) is 0 Å². The third kappa shape index (κ3) is 5.21. The third-order valence-corrected chi connectivity index (χ3v) is 3.62. The van der Waals surface area contributed by atoms with E-state index in [2.05, 4.69) is 19.2 Å². The van der Waals surface area contributed by atoms with Gasteiger partial charge in [0.15, 0.2) is 0 Å². The highest BCUT2D eigenvalue weighted by Crippen LogP contribution is 2.29. The molecule has 0 aliphatic carbocycles. The summed E-state index contributed by atoms with van der Waals surface area (Å²) in [5.74, 6) is -0.384. The summed E-state index contributed by atoms with van der Waals surface area (Å²) in [7, 11) is 0. The molecule has 0 bridgehead atoms. The Hall–Kier alpha value is -1.26. The van der Waals surface area contributed by atoms with E-state index in [1.807, 2.05) is 12.1 Å². The smallest absolute Gasteiger partial charge is 0.312 e. The average Bonchev–Trinajstić information content (AvgIpc) is 2.43. The van der Waals surface area contributed by atoms with Gasteiger partial charge in [-0.25, -0.2) is 0 Å². The zero-order chi connectivity index (χ0) is 16.0. The predicted molar refractivity (Wildman–Crippen MR) is 85.1 cm³/mol. The fraction of sp³-hybridized carbons (Fsp3) is 0.562. The van der Waals surface area contributed by atoms with Gasteiger partial charge < -0.3 is 15.2 Å². The highest BCUT2D eigenvalue weighted by Gasteiger charge is 2.28. The highest BCUT2D eigenvalue weighted by molar-refractivity contribution is 6.32. The second-order valence-corrected chi connectivity index (χ2v) is 6.25. The first-order valence-electron chi connectivity index (χ1n) is 7.17. The lowest BCUT2D eigenvalue weighted by molar-refractivity contribution is -0.148. The summed E-state index contributed by atoms with van der Waals surface area (Å²) in [6.07, 6.45) is 1.07. The van der Waals surface area contributed by atoms with Gasteiger partial charge in [-0.15, -0.1) is 0 Å². The SMILES string of the molecule is CCCNC(C)c1ccc(OCC(C)(C)C(=O)O)c(Cl)c1. The molecular weight excluding hydrogens is 290 g/mol. The molecule has 0 aliphatic heterocycles. The molecule has 0 fully saturated rings. The molecule has 0 aromatic heterocycles. The van der Waals surface area contributed by atoms with Crippen molar-refractivity contribution in [2.45, 2.75) is 40.2 Å². The highest BCUT2D eigenvalue weighted by atomic mass is 35.5. The first kappa shape index (κ1) is 17.8. The van der Waals surface area contributed by atoms with Gasteiger partial charge in [-0.05, 0) is 51.4 Å². The van der Waals surface area contributed by atoms with Gasteiger partial charge in [0, 0.05) is 6.04 Å². The zero-order valence-corrected chi connectivity index (χ0v) is 13.8. The van der Waals surface area contributed by atoms with E-state index in [9.17, 15) is 4.79 Å². The maximum Gasteiger partial charge on any atom is 0.312 e. The van der Waals surface area contributed by atoms with Crippen molar-refractivity contribution >= 4 is 17.6 Å². The summed E-state index contributed by atoms with van der Waals surface area (Å²) in [4.78, 5) is 11.0. The van der Waals surface area contributed by atoms with E-state index in [0.717, 1.165) is 18.5 Å². The van der Waals surface area contributed by atoms with E-state index < -0.39 is 11.4 Å². The molecule has 1 rings (SSSR count). The van der Waals surface area contributed by atoms with Crippen LogP contribution in [-0.2, 0) is 4.79 Å². The van der Waals surface area contributed by atoms with Crippen LogP contribution in [0.1, 0.15) is 45.7 Å². The molecule has 118 valence electrons. The fourth-order valence-corrected chi connectivity index (χ4v) is 1.95. The summed E-state index contributed by atoms with van der Waals surface area (Å²) in [5.41, 5.74) is 0.135. The molecule has 0 aliphatic rings. The van der Waals surface area contributed by atoms with Gasteiger partial charge in [-0.1, -0.05) is 24.6 Å². The maximum absolute atomic E-state index is 11.0. The number of hydrogen-bond donors (Lipinski definition) is 2. The molecule has 2 N–H and O–H groups in total. The first-order valence-corrected chi connectivity index (χ1v) is 7.54. The number of halogens is 1. The summed E-state index contributed by atoms with van der Waals surface area (Å²) >= 11 is 6.22. The average molecular weight is 314 g/mol. The van der Waals surface area contributed by atoms with Gasteiger partial charge in [0.2, 0.25) is 0 Å². The van der Waals surface area contributed by atoms with Crippen molar-refractivity contribution in [3.8, 4) is 5.75 Å². The lowest BCUT2D eigenvalue weighted by Crippen LogP contribution is -2.30. The quantitative estimate of drug-likeness (QED) is 0.764. The minimum atomic E-state index is -0.946. The number of carboxylic acids is 1. The molecule has 1 atom stereocenters. The number of nitrogens with one attached hydrogen (secondary N) is 1. The third-order valence-electron chi connectivity index (χ3n) is 3.32. The van der Waals surface area contributed by atoms with Gasteiger partial charge in [-0.2, -0.15) is 0 Å². The van der Waals surface area contributed by atoms with Crippen molar-refractivity contribution < 1.29 is 14.6 Å². The molecule has 5 heteroatoms. The van der Waals surface area contributed by atoms with Crippen LogP contribution in [0.2, 0.25) is 5.02 Å². The van der Waals surface area contributed by atoms with Crippen LogP contribution >= 0.6 is 11.6 Å². The fourth-order valence-electron chi connectivity index (χ4n) is 1.70. The van der Waals surface area contributed by atoms with E-state index >= 15 is 0 Å². The molecule has 4 nitrogen and oxygen atoms in total. The van der Waals surface area contributed by atoms with Gasteiger partial charge in [0.1, 0.15) is 12.4 Å². The molecule has 0 radical (unpaired) electrons. The van der Waals surface area contributed by atoms with Gasteiger partial charge >= 0.3 is 5.97 Å². The van der Waals surface area contributed by atoms with E-state index in [1.165, 1.54) is 0 Å². The van der Waals surface area contributed by atoms with Crippen LogP contribution in [0.4, 0.5) is 0 Å². The number of benzene rings is 1. The van der Waals surface area contributed by atoms with Crippen LogP contribution in [-0.4, -0.2) is 24.2 Å². The Balaban J connectivity index is 2.72. The first-order chi connectivity index (χ1) is 9.77. The predicted octanol–water partition coefficient (Wildman–Crippen LogP) is 3.89. The molecule has 0 amide bonds. The minimum Gasteiger partial charge on any atom is -0.491 e. The number of aliphatic carboxylic acids is 1. The standard InChI is InChI=1S/C16H24ClNO3/c1-5-8-18-11(2)12-6-7-14(13(17)9-12)21-10-16(3,4)15(19)20/h6-7,9,11,18H,5,8,10H2,1-4H3,(H,19,20). The van der Waals surface area contributed by atoms with E-state index in [1.54, 1.807) is 19.9 Å². The second-order valence-electron chi connectivity index (χ2n) is 5.84. The molecule has 0 heterocycles. The largest absolute Gasteiger partial charge is 0.491 e. The van der Waals surface area contributed by atoms with Gasteiger partial charge in [-0.3, -0.25) is 4.79 Å². The Bertz CT molecular complexity index is 488. The van der Waals surface area contributed by atoms with E-state index in [0.29, 0.717) is 10.8 Å². The summed E-state index contributed by atoms with van der Waals surface area (Å²) < 4.78 is 5.55. The Morgan fingerprint density at radius 1 is 1.48 bits per heavy atom. The van der Waals surface area contributed by atoms with Crippen LogP contribution in [0.15, 0.2) is 18.2 Å². The number of ether oxygens (including phenoxy) is 1. The lowest BCUT2D eigenvalue weighted by atomic mass is 9.95. The summed E-state index contributed by atoms with van der Waals surface area (Å²) in [6.45, 7) is 8.46.